The highest BCUT2D eigenvalue weighted by Gasteiger charge is 2.40. The van der Waals surface area contributed by atoms with Crippen LogP contribution in [0.3, 0.4) is 0 Å². The van der Waals surface area contributed by atoms with Crippen molar-refractivity contribution in [3.63, 3.8) is 0 Å². The van der Waals surface area contributed by atoms with Gasteiger partial charge in [-0.05, 0) is 65.9 Å². The van der Waals surface area contributed by atoms with Gasteiger partial charge < -0.3 is 29.6 Å². The second-order valence-electron chi connectivity index (χ2n) is 10.2. The molecule has 2 amide bonds. The summed E-state index contributed by atoms with van der Waals surface area (Å²) in [5, 5.41) is 3.96. The third kappa shape index (κ3) is 12.4. The summed E-state index contributed by atoms with van der Waals surface area (Å²) in [5.41, 5.74) is -2.17. The number of rotatable bonds is 14. The highest BCUT2D eigenvalue weighted by molar-refractivity contribution is 5.76. The van der Waals surface area contributed by atoms with Crippen molar-refractivity contribution in [3.05, 3.63) is 89.5 Å². The molecule has 0 aromatic heterocycles. The lowest BCUT2D eigenvalue weighted by Gasteiger charge is -2.37. The van der Waals surface area contributed by atoms with Crippen LogP contribution in [-0.4, -0.2) is 51.2 Å². The molecule has 0 saturated carbocycles. The van der Waals surface area contributed by atoms with Crippen LogP contribution in [0, 0.1) is 0 Å². The van der Waals surface area contributed by atoms with Crippen molar-refractivity contribution in [2.75, 3.05) is 20.3 Å². The lowest BCUT2D eigenvalue weighted by molar-refractivity contribution is -0.275. The van der Waals surface area contributed by atoms with E-state index < -0.39 is 54.9 Å². The minimum absolute atomic E-state index is 0.189. The van der Waals surface area contributed by atoms with Crippen molar-refractivity contribution in [1.82, 2.24) is 10.6 Å². The van der Waals surface area contributed by atoms with Crippen molar-refractivity contribution in [2.24, 2.45) is 0 Å². The Morgan fingerprint density at radius 3 is 1.73 bits per heavy atom. The van der Waals surface area contributed by atoms with E-state index in [1.807, 2.05) is 0 Å². The fourth-order valence-corrected chi connectivity index (χ4v) is 4.57. The Labute approximate surface area is 268 Å². The van der Waals surface area contributed by atoms with Gasteiger partial charge in [0.25, 0.3) is 0 Å². The van der Waals surface area contributed by atoms with Gasteiger partial charge in [0, 0.05) is 12.8 Å². The Morgan fingerprint density at radius 1 is 0.708 bits per heavy atom. The van der Waals surface area contributed by atoms with Crippen LogP contribution in [0.5, 0.6) is 17.2 Å². The maximum absolute atomic E-state index is 13.1. The molecule has 3 aromatic rings. The van der Waals surface area contributed by atoms with Crippen molar-refractivity contribution in [2.45, 2.75) is 50.1 Å². The molecule has 17 heteroatoms. The molecule has 48 heavy (non-hydrogen) atoms. The van der Waals surface area contributed by atoms with E-state index in [-0.39, 0.29) is 30.1 Å². The van der Waals surface area contributed by atoms with Crippen molar-refractivity contribution in [3.8, 4) is 17.2 Å². The molecule has 0 atom stereocenters. The summed E-state index contributed by atoms with van der Waals surface area (Å²) in [6.07, 6.45) is -14.4. The van der Waals surface area contributed by atoms with Gasteiger partial charge >= 0.3 is 30.9 Å². The molecule has 0 saturated heterocycles. The maximum Gasteiger partial charge on any atom is 0.573 e. The second kappa shape index (κ2) is 15.8. The Kier molecular flexibility index (Phi) is 12.4. The smallest absolute Gasteiger partial charge is 0.494 e. The first-order valence-corrected chi connectivity index (χ1v) is 14.0. The van der Waals surface area contributed by atoms with Gasteiger partial charge in [-0.2, -0.15) is 13.2 Å². The monoisotopic (exact) mass is 696 g/mol. The second-order valence-corrected chi connectivity index (χ2v) is 10.2. The number of urea groups is 1. The van der Waals surface area contributed by atoms with Gasteiger partial charge in [-0.1, -0.05) is 36.4 Å². The first kappa shape index (κ1) is 37.6. The average Bonchev–Trinajstić information content (AvgIpc) is 2.98. The molecule has 0 aliphatic rings. The number of benzene rings is 3. The van der Waals surface area contributed by atoms with E-state index >= 15 is 0 Å². The zero-order valence-corrected chi connectivity index (χ0v) is 25.0. The SMILES string of the molecule is COC(=O)CCCCOc1ccc(CC(NC(=O)NCC(F)(F)F)(c2cccc(OC(F)(F)F)c2)c2cccc(OC(F)(F)F)c2)cc1. The van der Waals surface area contributed by atoms with Crippen molar-refractivity contribution in [1.29, 1.82) is 0 Å². The van der Waals surface area contributed by atoms with Crippen LogP contribution in [0.4, 0.5) is 44.3 Å². The van der Waals surface area contributed by atoms with E-state index in [2.05, 4.69) is 19.5 Å². The summed E-state index contributed by atoms with van der Waals surface area (Å²) in [6, 6.07) is 12.7. The molecule has 0 bridgehead atoms. The summed E-state index contributed by atoms with van der Waals surface area (Å²) in [4.78, 5) is 24.2. The maximum atomic E-state index is 13.1. The van der Waals surface area contributed by atoms with E-state index in [0.29, 0.717) is 24.2 Å². The van der Waals surface area contributed by atoms with Gasteiger partial charge in [-0.3, -0.25) is 4.79 Å². The Balaban J connectivity index is 2.08. The van der Waals surface area contributed by atoms with Gasteiger partial charge in [0.1, 0.15) is 23.8 Å². The summed E-state index contributed by atoms with van der Waals surface area (Å²) >= 11 is 0. The summed E-state index contributed by atoms with van der Waals surface area (Å²) in [5.74, 6) is -1.57. The van der Waals surface area contributed by atoms with Crippen LogP contribution in [0.15, 0.2) is 72.8 Å². The molecule has 0 heterocycles. The Hall–Kier alpha value is -4.83. The topological polar surface area (TPSA) is 95.1 Å². The van der Waals surface area contributed by atoms with Crippen LogP contribution in [0.25, 0.3) is 0 Å². The normalized spacial score (nSPS) is 12.2. The largest absolute Gasteiger partial charge is 0.573 e. The zero-order valence-electron chi connectivity index (χ0n) is 25.0. The minimum Gasteiger partial charge on any atom is -0.494 e. The first-order chi connectivity index (χ1) is 22.4. The molecule has 0 spiro atoms. The molecular formula is C31H29F9N2O6. The number of carbonyl (C=O) groups excluding carboxylic acids is 2. The fourth-order valence-electron chi connectivity index (χ4n) is 4.57. The highest BCUT2D eigenvalue weighted by atomic mass is 19.4. The van der Waals surface area contributed by atoms with Crippen molar-refractivity contribution < 1.29 is 68.1 Å². The number of halogens is 9. The summed E-state index contributed by atoms with van der Waals surface area (Å²) in [7, 11) is 1.26. The Morgan fingerprint density at radius 2 is 1.25 bits per heavy atom. The number of carbonyl (C=O) groups is 2. The predicted molar refractivity (Wildman–Crippen MR) is 151 cm³/mol. The molecule has 0 radical (unpaired) electrons. The fraction of sp³-hybridized carbons (Fsp3) is 0.355. The summed E-state index contributed by atoms with van der Waals surface area (Å²) < 4.78 is 136. The standard InChI is InChI=1S/C31H29F9N2O6/c1-45-26(43)10-2-3-15-46-23-13-11-20(12-14-23)18-28(42-27(44)41-19-29(32,33)34,21-6-4-8-24(16-21)47-30(35,36)37)22-7-5-9-25(17-22)48-31(38,39)40/h4-9,11-14,16-17H,2-3,10,15,18-19H2,1H3,(H2,41,42,44). The highest BCUT2D eigenvalue weighted by Crippen LogP contribution is 2.38. The predicted octanol–water partition coefficient (Wildman–Crippen LogP) is 7.55. The number of nitrogens with one attached hydrogen (secondary N) is 2. The van der Waals surface area contributed by atoms with Crippen LogP contribution in [-0.2, 0) is 21.5 Å². The van der Waals surface area contributed by atoms with Crippen LogP contribution < -0.4 is 24.8 Å². The van der Waals surface area contributed by atoms with Crippen LogP contribution >= 0.6 is 0 Å². The first-order valence-electron chi connectivity index (χ1n) is 14.0. The number of hydrogen-bond donors (Lipinski definition) is 2. The number of esters is 1. The molecule has 2 N–H and O–H groups in total. The third-order valence-corrected chi connectivity index (χ3v) is 6.56. The van der Waals surface area contributed by atoms with Gasteiger partial charge in [-0.25, -0.2) is 4.79 Å². The van der Waals surface area contributed by atoms with Crippen molar-refractivity contribution >= 4 is 12.0 Å². The average molecular weight is 697 g/mol. The quantitative estimate of drug-likeness (QED) is 0.103. The molecular weight excluding hydrogens is 667 g/mol. The van der Waals surface area contributed by atoms with Gasteiger partial charge in [-0.15, -0.1) is 26.3 Å². The molecule has 0 unspecified atom stereocenters. The number of unbranched alkanes of at least 4 members (excludes halogenated alkanes) is 1. The van der Waals surface area contributed by atoms with Gasteiger partial charge in [0.05, 0.1) is 19.3 Å². The summed E-state index contributed by atoms with van der Waals surface area (Å²) in [6.45, 7) is -1.58. The number of hydrogen-bond acceptors (Lipinski definition) is 6. The van der Waals surface area contributed by atoms with Crippen LogP contribution in [0.2, 0.25) is 0 Å². The molecule has 0 fully saturated rings. The lowest BCUT2D eigenvalue weighted by Crippen LogP contribution is -2.53. The molecule has 262 valence electrons. The minimum atomic E-state index is -5.16. The Bertz CT molecular complexity index is 1450. The number of amides is 2. The number of alkyl halides is 9. The van der Waals surface area contributed by atoms with E-state index in [1.54, 1.807) is 5.32 Å². The lowest BCUT2D eigenvalue weighted by atomic mass is 9.77. The number of methoxy groups -OCH3 is 1. The molecule has 0 aliphatic carbocycles. The van der Waals surface area contributed by atoms with E-state index in [0.717, 1.165) is 36.4 Å². The third-order valence-electron chi connectivity index (χ3n) is 6.56. The zero-order chi connectivity index (χ0) is 35.6. The molecule has 8 nitrogen and oxygen atoms in total. The van der Waals surface area contributed by atoms with E-state index in [1.165, 1.54) is 43.5 Å². The molecule has 0 aliphatic heterocycles. The van der Waals surface area contributed by atoms with Crippen LogP contribution in [0.1, 0.15) is 36.0 Å². The van der Waals surface area contributed by atoms with Gasteiger partial charge in [0.15, 0.2) is 0 Å². The molecule has 3 aromatic carbocycles. The van der Waals surface area contributed by atoms with E-state index in [4.69, 9.17) is 4.74 Å². The van der Waals surface area contributed by atoms with Gasteiger partial charge in [0.2, 0.25) is 0 Å². The van der Waals surface area contributed by atoms with E-state index in [9.17, 15) is 49.1 Å². The number of ether oxygens (including phenoxy) is 4. The molecule has 3 rings (SSSR count).